The summed E-state index contributed by atoms with van der Waals surface area (Å²) in [6.45, 7) is 13.5. The van der Waals surface area contributed by atoms with E-state index < -0.39 is 0 Å². The molecule has 1 aromatic carbocycles. The lowest BCUT2D eigenvalue weighted by atomic mass is 10.1. The van der Waals surface area contributed by atoms with Crippen LogP contribution in [0.2, 0.25) is 0 Å². The van der Waals surface area contributed by atoms with Crippen molar-refractivity contribution in [1.29, 1.82) is 0 Å². The van der Waals surface area contributed by atoms with Gasteiger partial charge >= 0.3 is 6.03 Å². The number of carbonyl (C=O) groups is 1. The highest BCUT2D eigenvalue weighted by Crippen LogP contribution is 2.29. The minimum atomic E-state index is 0.196. The van der Waals surface area contributed by atoms with E-state index in [-0.39, 0.29) is 6.03 Å². The Morgan fingerprint density at radius 1 is 1.09 bits per heavy atom. The van der Waals surface area contributed by atoms with E-state index in [1.807, 2.05) is 42.0 Å². The topological polar surface area (TPSA) is 60.9 Å². The quantitative estimate of drug-likeness (QED) is 0.502. The molecule has 0 radical (unpaired) electrons. The SMILES string of the molecule is CCN(CC)C(=O)N1CCN(CCCCCCNc2cc(OC)cc3c(C)ccnc23)CC1. The maximum atomic E-state index is 12.5. The maximum absolute atomic E-state index is 12.5. The van der Waals surface area contributed by atoms with Crippen molar-refractivity contribution in [2.75, 3.05) is 64.8 Å². The second-order valence-corrected chi connectivity index (χ2v) is 8.82. The Balaban J connectivity index is 1.33. The van der Waals surface area contributed by atoms with Crippen molar-refractivity contribution in [3.05, 3.63) is 30.0 Å². The third-order valence-electron chi connectivity index (χ3n) is 6.67. The van der Waals surface area contributed by atoms with Crippen molar-refractivity contribution in [1.82, 2.24) is 19.7 Å². The summed E-state index contributed by atoms with van der Waals surface area (Å²) >= 11 is 0. The van der Waals surface area contributed by atoms with Gasteiger partial charge in [-0.2, -0.15) is 0 Å². The summed E-state index contributed by atoms with van der Waals surface area (Å²) in [4.78, 5) is 23.5. The summed E-state index contributed by atoms with van der Waals surface area (Å²) in [6.07, 6.45) is 6.66. The smallest absolute Gasteiger partial charge is 0.320 e. The van der Waals surface area contributed by atoms with Crippen LogP contribution in [0.15, 0.2) is 24.4 Å². The second-order valence-electron chi connectivity index (χ2n) is 8.82. The number of rotatable bonds is 11. The molecule has 1 N–H and O–H groups in total. The van der Waals surface area contributed by atoms with Gasteiger partial charge in [-0.05, 0) is 57.9 Å². The van der Waals surface area contributed by atoms with Crippen LogP contribution < -0.4 is 10.1 Å². The zero-order valence-electron chi connectivity index (χ0n) is 20.9. The molecule has 0 unspecified atom stereocenters. The van der Waals surface area contributed by atoms with Gasteiger partial charge in [0.25, 0.3) is 0 Å². The predicted octanol–water partition coefficient (Wildman–Crippen LogP) is 4.60. The Morgan fingerprint density at radius 2 is 1.82 bits per heavy atom. The highest BCUT2D eigenvalue weighted by molar-refractivity contribution is 5.93. The zero-order valence-corrected chi connectivity index (χ0v) is 20.9. The molecule has 2 aromatic rings. The van der Waals surface area contributed by atoms with Gasteiger partial charge in [0.2, 0.25) is 0 Å². The van der Waals surface area contributed by atoms with Crippen LogP contribution in [0.1, 0.15) is 45.1 Å². The Bertz CT molecular complexity index is 892. The summed E-state index contributed by atoms with van der Waals surface area (Å²) in [5, 5.41) is 4.71. The summed E-state index contributed by atoms with van der Waals surface area (Å²) < 4.78 is 5.48. The van der Waals surface area contributed by atoms with Gasteiger partial charge < -0.3 is 19.9 Å². The number of fused-ring (bicyclic) bond motifs is 1. The monoisotopic (exact) mass is 455 g/mol. The number of methoxy groups -OCH3 is 1. The normalized spacial score (nSPS) is 14.5. The number of nitrogens with one attached hydrogen (secondary N) is 1. The predicted molar refractivity (Wildman–Crippen MR) is 136 cm³/mol. The number of hydrogen-bond acceptors (Lipinski definition) is 5. The lowest BCUT2D eigenvalue weighted by molar-refractivity contribution is 0.114. The zero-order chi connectivity index (χ0) is 23.6. The molecule has 0 saturated carbocycles. The van der Waals surface area contributed by atoms with Crippen LogP contribution in [0, 0.1) is 6.92 Å². The number of benzene rings is 1. The summed E-state index contributed by atoms with van der Waals surface area (Å²) in [5.41, 5.74) is 3.26. The summed E-state index contributed by atoms with van der Waals surface area (Å²) in [7, 11) is 1.71. The molecule has 0 atom stereocenters. The molecule has 1 saturated heterocycles. The third-order valence-corrected chi connectivity index (χ3v) is 6.67. The van der Waals surface area contributed by atoms with Crippen molar-refractivity contribution < 1.29 is 9.53 Å². The van der Waals surface area contributed by atoms with E-state index in [4.69, 9.17) is 4.74 Å². The van der Waals surface area contributed by atoms with Crippen molar-refractivity contribution in [3.8, 4) is 5.75 Å². The fraction of sp³-hybridized carbons (Fsp3) is 0.615. The first kappa shape index (κ1) is 25.1. The number of hydrogen-bond donors (Lipinski definition) is 1. The van der Waals surface area contributed by atoms with E-state index in [1.165, 1.54) is 24.8 Å². The molecule has 2 heterocycles. The maximum Gasteiger partial charge on any atom is 0.320 e. The minimum absolute atomic E-state index is 0.196. The van der Waals surface area contributed by atoms with E-state index in [0.29, 0.717) is 0 Å². The average Bonchev–Trinajstić information content (AvgIpc) is 2.84. The highest BCUT2D eigenvalue weighted by atomic mass is 16.5. The molecule has 1 aliphatic heterocycles. The fourth-order valence-electron chi connectivity index (χ4n) is 4.51. The molecular weight excluding hydrogens is 414 g/mol. The van der Waals surface area contributed by atoms with Crippen molar-refractivity contribution >= 4 is 22.6 Å². The number of aryl methyl sites for hydroxylation is 1. The lowest BCUT2D eigenvalue weighted by Crippen LogP contribution is -2.52. The molecule has 1 aromatic heterocycles. The van der Waals surface area contributed by atoms with Gasteiger partial charge in [-0.1, -0.05) is 12.8 Å². The number of pyridine rings is 1. The van der Waals surface area contributed by atoms with Crippen molar-refractivity contribution in [2.45, 2.75) is 46.5 Å². The molecule has 7 nitrogen and oxygen atoms in total. The second kappa shape index (κ2) is 12.6. The third kappa shape index (κ3) is 6.73. The molecule has 3 rings (SSSR count). The Labute approximate surface area is 199 Å². The van der Waals surface area contributed by atoms with Gasteiger partial charge in [0, 0.05) is 63.5 Å². The van der Waals surface area contributed by atoms with Crippen LogP contribution in [-0.2, 0) is 0 Å². The number of unbranched alkanes of at least 4 members (excludes halogenated alkanes) is 3. The number of anilines is 1. The van der Waals surface area contributed by atoms with Crippen LogP contribution in [0.4, 0.5) is 10.5 Å². The van der Waals surface area contributed by atoms with Crippen LogP contribution >= 0.6 is 0 Å². The van der Waals surface area contributed by atoms with Gasteiger partial charge in [0.15, 0.2) is 0 Å². The molecule has 1 aliphatic rings. The van der Waals surface area contributed by atoms with E-state index in [0.717, 1.165) is 81.1 Å². The molecule has 2 amide bonds. The number of urea groups is 1. The molecular formula is C26H41N5O2. The number of nitrogens with zero attached hydrogens (tertiary/aromatic N) is 4. The summed E-state index contributed by atoms with van der Waals surface area (Å²) in [5.74, 6) is 0.861. The first-order chi connectivity index (χ1) is 16.1. The first-order valence-corrected chi connectivity index (χ1v) is 12.5. The number of amides is 2. The van der Waals surface area contributed by atoms with Gasteiger partial charge in [-0.3, -0.25) is 9.88 Å². The van der Waals surface area contributed by atoms with Crippen LogP contribution in [0.25, 0.3) is 10.9 Å². The molecule has 33 heavy (non-hydrogen) atoms. The van der Waals surface area contributed by atoms with Gasteiger partial charge in [-0.15, -0.1) is 0 Å². The average molecular weight is 456 g/mol. The molecule has 7 heteroatoms. The van der Waals surface area contributed by atoms with Crippen LogP contribution in [0.3, 0.4) is 0 Å². The van der Waals surface area contributed by atoms with Gasteiger partial charge in [0.1, 0.15) is 5.75 Å². The molecule has 0 bridgehead atoms. The van der Waals surface area contributed by atoms with E-state index in [1.54, 1.807) is 7.11 Å². The Morgan fingerprint density at radius 3 is 2.52 bits per heavy atom. The van der Waals surface area contributed by atoms with Crippen molar-refractivity contribution in [3.63, 3.8) is 0 Å². The van der Waals surface area contributed by atoms with Gasteiger partial charge in [0.05, 0.1) is 18.3 Å². The molecule has 182 valence electrons. The number of piperazine rings is 1. The Hall–Kier alpha value is -2.54. The van der Waals surface area contributed by atoms with Crippen LogP contribution in [-0.4, -0.2) is 85.2 Å². The Kier molecular flexibility index (Phi) is 9.61. The number of aromatic nitrogens is 1. The molecule has 0 aliphatic carbocycles. The summed E-state index contributed by atoms with van der Waals surface area (Å²) in [6, 6.07) is 6.33. The fourth-order valence-corrected chi connectivity index (χ4v) is 4.51. The highest BCUT2D eigenvalue weighted by Gasteiger charge is 2.23. The lowest BCUT2D eigenvalue weighted by Gasteiger charge is -2.37. The number of ether oxygens (including phenoxy) is 1. The number of carbonyl (C=O) groups excluding carboxylic acids is 1. The van der Waals surface area contributed by atoms with Crippen molar-refractivity contribution in [2.24, 2.45) is 0 Å². The minimum Gasteiger partial charge on any atom is -0.497 e. The van der Waals surface area contributed by atoms with E-state index in [9.17, 15) is 4.79 Å². The largest absolute Gasteiger partial charge is 0.497 e. The van der Waals surface area contributed by atoms with Crippen LogP contribution in [0.5, 0.6) is 5.75 Å². The van der Waals surface area contributed by atoms with E-state index >= 15 is 0 Å². The first-order valence-electron chi connectivity index (χ1n) is 12.5. The van der Waals surface area contributed by atoms with E-state index in [2.05, 4.69) is 28.2 Å². The molecule has 0 spiro atoms. The standard InChI is InChI=1S/C26H41N5O2/c1-5-30(6-2)26(32)31-17-15-29(16-18-31)14-10-8-7-9-12-27-24-20-22(33-4)19-23-21(3)11-13-28-25(23)24/h11,13,19-20,27H,5-10,12,14-18H2,1-4H3. The molecule has 1 fully saturated rings. The van der Waals surface area contributed by atoms with Gasteiger partial charge in [-0.25, -0.2) is 4.79 Å².